The number of hydrogen-bond donors (Lipinski definition) is 2. The molecule has 0 unspecified atom stereocenters. The predicted octanol–water partition coefficient (Wildman–Crippen LogP) is 8.15. The quantitative estimate of drug-likeness (QED) is 0.238. The maximum atomic E-state index is 12.5. The first-order valence-electron chi connectivity index (χ1n) is 8.97. The summed E-state index contributed by atoms with van der Waals surface area (Å²) < 4.78 is 6.31. The maximum absolute atomic E-state index is 12.5. The second-order valence-electron chi connectivity index (χ2n) is 6.59. The highest BCUT2D eigenvalue weighted by Gasteiger charge is 2.17. The summed E-state index contributed by atoms with van der Waals surface area (Å²) in [6, 6.07) is 19.3. The van der Waals surface area contributed by atoms with Crippen LogP contribution in [0, 0.1) is 3.57 Å². The number of amides is 1. The van der Waals surface area contributed by atoms with Crippen LogP contribution in [0.5, 0.6) is 17.2 Å². The van der Waals surface area contributed by atoms with E-state index < -0.39 is 5.91 Å². The Morgan fingerprint density at radius 2 is 1.52 bits per heavy atom. The molecule has 4 nitrogen and oxygen atoms in total. The van der Waals surface area contributed by atoms with E-state index in [9.17, 15) is 9.90 Å². The number of aromatic hydroxyl groups is 1. The van der Waals surface area contributed by atoms with Crippen molar-refractivity contribution in [3.8, 4) is 17.2 Å². The Bertz CT molecular complexity index is 1330. The van der Waals surface area contributed by atoms with Crippen LogP contribution in [0.25, 0.3) is 10.8 Å². The van der Waals surface area contributed by atoms with Gasteiger partial charge in [-0.05, 0) is 75.8 Å². The molecule has 4 rings (SSSR count). The van der Waals surface area contributed by atoms with Crippen molar-refractivity contribution >= 4 is 79.8 Å². The van der Waals surface area contributed by atoms with Gasteiger partial charge in [-0.2, -0.15) is 0 Å². The molecule has 31 heavy (non-hydrogen) atoms. The van der Waals surface area contributed by atoms with Crippen molar-refractivity contribution in [2.24, 2.45) is 0 Å². The number of phenols is 1. The van der Waals surface area contributed by atoms with Crippen LogP contribution in [0.15, 0.2) is 66.7 Å². The summed E-state index contributed by atoms with van der Waals surface area (Å²) in [5.41, 5.74) is 0.546. The number of hydrogen-bond acceptors (Lipinski definition) is 3. The van der Waals surface area contributed by atoms with Crippen molar-refractivity contribution in [1.29, 1.82) is 0 Å². The monoisotopic (exact) mass is 583 g/mol. The molecule has 1 amide bonds. The van der Waals surface area contributed by atoms with E-state index in [1.807, 2.05) is 59.0 Å². The number of carbonyl (C=O) groups excluding carboxylic acids is 1. The van der Waals surface area contributed by atoms with Crippen LogP contribution in [0.2, 0.25) is 15.1 Å². The van der Waals surface area contributed by atoms with E-state index in [1.54, 1.807) is 24.3 Å². The maximum Gasteiger partial charge on any atom is 0.259 e. The Hall–Kier alpha value is -2.19. The van der Waals surface area contributed by atoms with Gasteiger partial charge in [0.05, 0.1) is 24.2 Å². The molecule has 4 aromatic rings. The molecule has 8 heteroatoms. The third-order valence-corrected chi connectivity index (χ3v) is 6.84. The number of nitrogens with one attached hydrogen (secondary N) is 1. The Kier molecular flexibility index (Phi) is 6.48. The summed E-state index contributed by atoms with van der Waals surface area (Å²) in [6.07, 6.45) is 0. The SMILES string of the molecule is O=C(Nc1ccc(Oc2cc3ccccc3cc2Cl)c(Cl)c1)c1ccc(Cl)c(I)c1O. The van der Waals surface area contributed by atoms with Crippen molar-refractivity contribution in [3.05, 3.63) is 90.9 Å². The summed E-state index contributed by atoms with van der Waals surface area (Å²) in [5, 5.41) is 16.0. The van der Waals surface area contributed by atoms with Gasteiger partial charge in [-0.25, -0.2) is 0 Å². The highest BCUT2D eigenvalue weighted by Crippen LogP contribution is 2.37. The van der Waals surface area contributed by atoms with Gasteiger partial charge in [-0.3, -0.25) is 4.79 Å². The molecule has 156 valence electrons. The Balaban J connectivity index is 1.56. The van der Waals surface area contributed by atoms with Crippen LogP contribution in [0.1, 0.15) is 10.4 Å². The van der Waals surface area contributed by atoms with Crippen LogP contribution >= 0.6 is 57.4 Å². The van der Waals surface area contributed by atoms with Crippen LogP contribution in [0.4, 0.5) is 5.69 Å². The summed E-state index contributed by atoms with van der Waals surface area (Å²) in [5.74, 6) is 0.192. The number of rotatable bonds is 4. The van der Waals surface area contributed by atoms with Crippen molar-refractivity contribution in [1.82, 2.24) is 0 Å². The van der Waals surface area contributed by atoms with Crippen LogP contribution in [-0.4, -0.2) is 11.0 Å². The molecule has 0 fully saturated rings. The van der Waals surface area contributed by atoms with Crippen LogP contribution in [-0.2, 0) is 0 Å². The summed E-state index contributed by atoms with van der Waals surface area (Å²) >= 11 is 20.6. The van der Waals surface area contributed by atoms with E-state index in [1.165, 1.54) is 6.07 Å². The molecule has 0 aliphatic carbocycles. The zero-order valence-electron chi connectivity index (χ0n) is 15.6. The van der Waals surface area contributed by atoms with Gasteiger partial charge < -0.3 is 15.2 Å². The number of fused-ring (bicyclic) bond motifs is 1. The molecule has 0 atom stereocenters. The minimum absolute atomic E-state index is 0.105. The lowest BCUT2D eigenvalue weighted by Gasteiger charge is -2.13. The third kappa shape index (κ3) is 4.70. The van der Waals surface area contributed by atoms with Crippen molar-refractivity contribution < 1.29 is 14.6 Å². The lowest BCUT2D eigenvalue weighted by atomic mass is 10.1. The zero-order chi connectivity index (χ0) is 22.1. The number of benzene rings is 4. The molecule has 0 heterocycles. The fraction of sp³-hybridized carbons (Fsp3) is 0. The number of phenolic OH excluding ortho intramolecular Hbond substituents is 1. The third-order valence-electron chi connectivity index (χ3n) is 4.52. The highest BCUT2D eigenvalue weighted by molar-refractivity contribution is 14.1. The Morgan fingerprint density at radius 3 is 2.23 bits per heavy atom. The van der Waals surface area contributed by atoms with E-state index in [0.29, 0.717) is 30.8 Å². The lowest BCUT2D eigenvalue weighted by molar-refractivity contribution is 0.102. The van der Waals surface area contributed by atoms with Gasteiger partial charge in [0.1, 0.15) is 17.2 Å². The first-order chi connectivity index (χ1) is 14.8. The first-order valence-corrected chi connectivity index (χ1v) is 11.2. The standard InChI is InChI=1S/C23H13Cl3INO3/c24-16-7-6-15(22(29)21(16)27)23(30)28-14-5-8-19(18(26)11-14)31-20-10-13-4-2-1-3-12(13)9-17(20)25/h1-11,29H,(H,28,30). The van der Waals surface area contributed by atoms with E-state index in [2.05, 4.69) is 5.32 Å². The lowest BCUT2D eigenvalue weighted by Crippen LogP contribution is -2.12. The van der Waals surface area contributed by atoms with Gasteiger partial charge in [0, 0.05) is 5.69 Å². The molecule has 0 bridgehead atoms. The number of halogens is 4. The minimum Gasteiger partial charge on any atom is -0.506 e. The van der Waals surface area contributed by atoms with Gasteiger partial charge in [0.15, 0.2) is 0 Å². The number of anilines is 1. The van der Waals surface area contributed by atoms with Crippen LogP contribution < -0.4 is 10.1 Å². The topological polar surface area (TPSA) is 58.6 Å². The smallest absolute Gasteiger partial charge is 0.259 e. The van der Waals surface area contributed by atoms with Gasteiger partial charge >= 0.3 is 0 Å². The van der Waals surface area contributed by atoms with E-state index in [0.717, 1.165) is 10.8 Å². The number of ether oxygens (including phenoxy) is 1. The number of carbonyl (C=O) groups is 1. The molecule has 2 N–H and O–H groups in total. The fourth-order valence-corrected chi connectivity index (χ4v) is 4.02. The van der Waals surface area contributed by atoms with E-state index >= 15 is 0 Å². The van der Waals surface area contributed by atoms with E-state index in [-0.39, 0.29) is 16.3 Å². The molecule has 0 aliphatic heterocycles. The molecule has 0 saturated heterocycles. The Labute approximate surface area is 206 Å². The van der Waals surface area contributed by atoms with Crippen molar-refractivity contribution in [2.75, 3.05) is 5.32 Å². The highest BCUT2D eigenvalue weighted by atomic mass is 127. The second kappa shape index (κ2) is 9.12. The average molecular weight is 585 g/mol. The van der Waals surface area contributed by atoms with Crippen molar-refractivity contribution in [3.63, 3.8) is 0 Å². The molecular weight excluding hydrogens is 572 g/mol. The summed E-state index contributed by atoms with van der Waals surface area (Å²) in [7, 11) is 0. The molecule has 4 aromatic carbocycles. The summed E-state index contributed by atoms with van der Waals surface area (Å²) in [6.45, 7) is 0. The zero-order valence-corrected chi connectivity index (χ0v) is 20.1. The van der Waals surface area contributed by atoms with Gasteiger partial charge in [0.25, 0.3) is 5.91 Å². The summed E-state index contributed by atoms with van der Waals surface area (Å²) in [4.78, 5) is 12.5. The fourth-order valence-electron chi connectivity index (χ4n) is 2.97. The first kappa shape index (κ1) is 22.0. The molecule has 0 saturated carbocycles. The van der Waals surface area contributed by atoms with Crippen LogP contribution in [0.3, 0.4) is 0 Å². The molecule has 0 spiro atoms. The van der Waals surface area contributed by atoms with Gasteiger partial charge in [-0.1, -0.05) is 59.1 Å². The minimum atomic E-state index is -0.491. The van der Waals surface area contributed by atoms with Gasteiger partial charge in [0.2, 0.25) is 0 Å². The predicted molar refractivity (Wildman–Crippen MR) is 134 cm³/mol. The molecule has 0 radical (unpaired) electrons. The normalized spacial score (nSPS) is 10.8. The van der Waals surface area contributed by atoms with Gasteiger partial charge in [-0.15, -0.1) is 0 Å². The molecule has 0 aliphatic rings. The Morgan fingerprint density at radius 1 is 0.839 bits per heavy atom. The molecular formula is C23H13Cl3INO3. The largest absolute Gasteiger partial charge is 0.506 e. The average Bonchev–Trinajstić information content (AvgIpc) is 2.74. The molecule has 0 aromatic heterocycles. The second-order valence-corrected chi connectivity index (χ2v) is 8.89. The van der Waals surface area contributed by atoms with E-state index in [4.69, 9.17) is 39.5 Å². The van der Waals surface area contributed by atoms with Crippen molar-refractivity contribution in [2.45, 2.75) is 0 Å².